The lowest BCUT2D eigenvalue weighted by atomic mass is 10.1. The van der Waals surface area contributed by atoms with Crippen LogP contribution in [0.5, 0.6) is 0 Å². The van der Waals surface area contributed by atoms with Gasteiger partial charge < -0.3 is 5.32 Å². The van der Waals surface area contributed by atoms with Crippen molar-refractivity contribution in [1.29, 1.82) is 0 Å². The topological polar surface area (TPSA) is 50.4 Å². The molecule has 0 aliphatic rings. The van der Waals surface area contributed by atoms with Gasteiger partial charge in [-0.3, -0.25) is 9.63 Å². The Morgan fingerprint density at radius 2 is 2.07 bits per heavy atom. The van der Waals surface area contributed by atoms with Crippen LogP contribution in [0.2, 0.25) is 0 Å². The molecule has 0 fully saturated rings. The summed E-state index contributed by atoms with van der Waals surface area (Å²) in [7, 11) is 3.18. The second kappa shape index (κ2) is 6.16. The third-order valence-corrected chi connectivity index (χ3v) is 2.15. The van der Waals surface area contributed by atoms with Crippen molar-refractivity contribution in [2.24, 2.45) is 0 Å². The number of carbonyl (C=O) groups excluding carboxylic acids is 1. The molecule has 1 atom stereocenters. The molecule has 1 rings (SSSR count). The SMILES string of the molecule is CNC(Cc1ccccc1)C(=O)NOC. The van der Waals surface area contributed by atoms with Crippen LogP contribution in [0, 0.1) is 0 Å². The molecule has 4 heteroatoms. The summed E-state index contributed by atoms with van der Waals surface area (Å²) < 4.78 is 0. The molecule has 0 aliphatic heterocycles. The lowest BCUT2D eigenvalue weighted by Gasteiger charge is -2.14. The van der Waals surface area contributed by atoms with Gasteiger partial charge in [-0.2, -0.15) is 0 Å². The van der Waals surface area contributed by atoms with E-state index in [1.54, 1.807) is 7.05 Å². The van der Waals surface area contributed by atoms with E-state index in [-0.39, 0.29) is 11.9 Å². The third kappa shape index (κ3) is 3.69. The molecule has 1 aromatic carbocycles. The lowest BCUT2D eigenvalue weighted by Crippen LogP contribution is -2.43. The van der Waals surface area contributed by atoms with Crippen LogP contribution in [0.1, 0.15) is 5.56 Å². The Morgan fingerprint density at radius 1 is 1.40 bits per heavy atom. The minimum Gasteiger partial charge on any atom is -0.309 e. The van der Waals surface area contributed by atoms with E-state index in [0.717, 1.165) is 5.56 Å². The van der Waals surface area contributed by atoms with Crippen LogP contribution in [-0.4, -0.2) is 26.1 Å². The fraction of sp³-hybridized carbons (Fsp3) is 0.364. The van der Waals surface area contributed by atoms with Crippen LogP contribution in [0.15, 0.2) is 30.3 Å². The van der Waals surface area contributed by atoms with E-state index in [1.807, 2.05) is 30.3 Å². The highest BCUT2D eigenvalue weighted by atomic mass is 16.6. The van der Waals surface area contributed by atoms with Crippen LogP contribution in [0.25, 0.3) is 0 Å². The van der Waals surface area contributed by atoms with Crippen molar-refractivity contribution >= 4 is 5.91 Å². The molecule has 0 radical (unpaired) electrons. The molecule has 0 spiro atoms. The number of amides is 1. The number of hydroxylamine groups is 1. The Morgan fingerprint density at radius 3 is 2.60 bits per heavy atom. The number of rotatable bonds is 5. The molecule has 82 valence electrons. The van der Waals surface area contributed by atoms with Crippen molar-refractivity contribution in [3.63, 3.8) is 0 Å². The van der Waals surface area contributed by atoms with Gasteiger partial charge in [0.15, 0.2) is 0 Å². The molecule has 0 heterocycles. The van der Waals surface area contributed by atoms with E-state index >= 15 is 0 Å². The van der Waals surface area contributed by atoms with Crippen molar-refractivity contribution in [3.8, 4) is 0 Å². The monoisotopic (exact) mass is 208 g/mol. The summed E-state index contributed by atoms with van der Waals surface area (Å²) in [5, 5.41) is 2.94. The minimum atomic E-state index is -0.271. The highest BCUT2D eigenvalue weighted by Crippen LogP contribution is 2.02. The van der Waals surface area contributed by atoms with Gasteiger partial charge in [0.25, 0.3) is 5.91 Å². The third-order valence-electron chi connectivity index (χ3n) is 2.15. The van der Waals surface area contributed by atoms with Crippen LogP contribution in [0.4, 0.5) is 0 Å². The zero-order chi connectivity index (χ0) is 11.1. The molecule has 2 N–H and O–H groups in total. The largest absolute Gasteiger partial charge is 0.309 e. The number of hydrogen-bond acceptors (Lipinski definition) is 3. The van der Waals surface area contributed by atoms with Gasteiger partial charge in [-0.05, 0) is 19.0 Å². The maximum Gasteiger partial charge on any atom is 0.260 e. The Kier molecular flexibility index (Phi) is 4.80. The summed E-state index contributed by atoms with van der Waals surface area (Å²) in [5.74, 6) is -0.163. The molecule has 1 unspecified atom stereocenters. The van der Waals surface area contributed by atoms with Gasteiger partial charge in [-0.25, -0.2) is 5.48 Å². The van der Waals surface area contributed by atoms with Crippen molar-refractivity contribution in [3.05, 3.63) is 35.9 Å². The smallest absolute Gasteiger partial charge is 0.260 e. The van der Waals surface area contributed by atoms with Crippen LogP contribution >= 0.6 is 0 Å². The summed E-state index contributed by atoms with van der Waals surface area (Å²) in [4.78, 5) is 16.1. The quantitative estimate of drug-likeness (QED) is 0.693. The second-order valence-electron chi connectivity index (χ2n) is 3.20. The predicted molar refractivity (Wildman–Crippen MR) is 58.1 cm³/mol. The van der Waals surface area contributed by atoms with Gasteiger partial charge in [0.1, 0.15) is 0 Å². The first-order valence-corrected chi connectivity index (χ1v) is 4.82. The summed E-state index contributed by atoms with van der Waals surface area (Å²) in [6.45, 7) is 0. The van der Waals surface area contributed by atoms with E-state index in [9.17, 15) is 4.79 Å². The van der Waals surface area contributed by atoms with Crippen LogP contribution in [0.3, 0.4) is 0 Å². The average molecular weight is 208 g/mol. The van der Waals surface area contributed by atoms with Gasteiger partial charge in [0.05, 0.1) is 13.2 Å². The molecule has 0 bridgehead atoms. The zero-order valence-electron chi connectivity index (χ0n) is 8.99. The van der Waals surface area contributed by atoms with Crippen LogP contribution in [-0.2, 0) is 16.1 Å². The molecule has 0 aliphatic carbocycles. The first-order chi connectivity index (χ1) is 7.27. The molecule has 15 heavy (non-hydrogen) atoms. The molecular formula is C11H16N2O2. The fourth-order valence-corrected chi connectivity index (χ4v) is 1.35. The van der Waals surface area contributed by atoms with Gasteiger partial charge in [0.2, 0.25) is 0 Å². The van der Waals surface area contributed by atoms with E-state index in [2.05, 4.69) is 15.6 Å². The molecule has 4 nitrogen and oxygen atoms in total. The number of hydrogen-bond donors (Lipinski definition) is 2. The van der Waals surface area contributed by atoms with Gasteiger partial charge in [-0.15, -0.1) is 0 Å². The highest BCUT2D eigenvalue weighted by Gasteiger charge is 2.16. The average Bonchev–Trinajstić information content (AvgIpc) is 2.27. The predicted octanol–water partition coefficient (Wildman–Crippen LogP) is 0.495. The minimum absolute atomic E-state index is 0.163. The summed E-state index contributed by atoms with van der Waals surface area (Å²) in [6, 6.07) is 9.57. The molecule has 0 aromatic heterocycles. The van der Waals surface area contributed by atoms with Crippen molar-refractivity contribution < 1.29 is 9.63 Å². The first-order valence-electron chi connectivity index (χ1n) is 4.82. The standard InChI is InChI=1S/C11H16N2O2/c1-12-10(11(14)13-15-2)8-9-6-4-3-5-7-9/h3-7,10,12H,8H2,1-2H3,(H,13,14). The highest BCUT2D eigenvalue weighted by molar-refractivity contribution is 5.81. The van der Waals surface area contributed by atoms with E-state index < -0.39 is 0 Å². The van der Waals surface area contributed by atoms with Crippen molar-refractivity contribution in [2.75, 3.05) is 14.2 Å². The molecule has 0 saturated carbocycles. The van der Waals surface area contributed by atoms with Gasteiger partial charge in [-0.1, -0.05) is 30.3 Å². The number of carbonyl (C=O) groups is 1. The molecular weight excluding hydrogens is 192 g/mol. The normalized spacial score (nSPS) is 12.1. The lowest BCUT2D eigenvalue weighted by molar-refractivity contribution is -0.133. The number of benzene rings is 1. The maximum atomic E-state index is 11.5. The van der Waals surface area contributed by atoms with E-state index in [1.165, 1.54) is 7.11 Å². The zero-order valence-corrected chi connectivity index (χ0v) is 8.99. The molecule has 1 amide bonds. The van der Waals surface area contributed by atoms with Crippen molar-refractivity contribution in [2.45, 2.75) is 12.5 Å². The van der Waals surface area contributed by atoms with E-state index in [4.69, 9.17) is 0 Å². The Labute approximate surface area is 89.6 Å². The maximum absolute atomic E-state index is 11.5. The summed E-state index contributed by atoms with van der Waals surface area (Å²) >= 11 is 0. The Bertz CT molecular complexity index is 301. The Balaban J connectivity index is 2.58. The summed E-state index contributed by atoms with van der Waals surface area (Å²) in [5.41, 5.74) is 3.43. The fourth-order valence-electron chi connectivity index (χ4n) is 1.35. The molecule has 0 saturated heterocycles. The Hall–Kier alpha value is -1.39. The van der Waals surface area contributed by atoms with Crippen molar-refractivity contribution in [1.82, 2.24) is 10.8 Å². The number of likely N-dealkylation sites (N-methyl/N-ethyl adjacent to an activating group) is 1. The molecule has 1 aromatic rings. The summed E-state index contributed by atoms with van der Waals surface area (Å²) in [6.07, 6.45) is 0.645. The van der Waals surface area contributed by atoms with E-state index in [0.29, 0.717) is 6.42 Å². The van der Waals surface area contributed by atoms with Gasteiger partial charge >= 0.3 is 0 Å². The van der Waals surface area contributed by atoms with Crippen LogP contribution < -0.4 is 10.8 Å². The number of nitrogens with one attached hydrogen (secondary N) is 2. The van der Waals surface area contributed by atoms with Gasteiger partial charge in [0, 0.05) is 0 Å². The second-order valence-corrected chi connectivity index (χ2v) is 3.20. The first kappa shape index (κ1) is 11.7.